The van der Waals surface area contributed by atoms with Crippen molar-refractivity contribution in [2.24, 2.45) is 0 Å². The topological polar surface area (TPSA) is 63.6 Å². The number of aliphatic hydroxyl groups excluding tert-OH is 1. The zero-order valence-corrected chi connectivity index (χ0v) is 20.4. The first-order valence-corrected chi connectivity index (χ1v) is 11.2. The van der Waals surface area contributed by atoms with E-state index in [1.807, 2.05) is 0 Å². The molecule has 0 aromatic carbocycles. The van der Waals surface area contributed by atoms with Gasteiger partial charge < -0.3 is 15.0 Å². The van der Waals surface area contributed by atoms with Crippen LogP contribution in [0.4, 0.5) is 0 Å². The predicted octanol–water partition coefficient (Wildman–Crippen LogP) is 1.30. The number of carbonyl (C=O) groups is 1. The summed E-state index contributed by atoms with van der Waals surface area (Å²) in [4.78, 5) is 12.4. The fourth-order valence-electron chi connectivity index (χ4n) is 3.48. The van der Waals surface area contributed by atoms with Gasteiger partial charge in [-0.05, 0) is 13.0 Å². The van der Waals surface area contributed by atoms with Crippen molar-refractivity contribution in [1.82, 2.24) is 4.90 Å². The van der Waals surface area contributed by atoms with Gasteiger partial charge in [0.1, 0.15) is 0 Å². The van der Waals surface area contributed by atoms with Crippen LogP contribution in [0.2, 0.25) is 0 Å². The number of aliphatic carboxylic acids is 1. The number of unbranched alkanes of at least 4 members (excludes halogenated alkanes) is 15. The summed E-state index contributed by atoms with van der Waals surface area (Å²) in [5.41, 5.74) is 0. The van der Waals surface area contributed by atoms with E-state index in [1.165, 1.54) is 89.9 Å². The van der Waals surface area contributed by atoms with Crippen LogP contribution < -0.4 is 34.7 Å². The number of rotatable bonds is 21. The quantitative estimate of drug-likeness (QED) is 0.236. The van der Waals surface area contributed by atoms with Crippen molar-refractivity contribution in [2.75, 3.05) is 26.2 Å². The molecule has 156 valence electrons. The van der Waals surface area contributed by atoms with Crippen LogP contribution in [-0.2, 0) is 4.79 Å². The molecule has 4 nitrogen and oxygen atoms in total. The standard InChI is InChI=1S/C22H45NO3.Na/c1-2-3-4-5-6-7-8-9-10-11-12-13-14-15-16-17-18-23(19-20-24)21-22(25)26;/h24H,2-21H2,1H3,(H,25,26);/q;+1/p-1. The largest absolute Gasteiger partial charge is 1.00 e. The molecule has 0 bridgehead atoms. The summed E-state index contributed by atoms with van der Waals surface area (Å²) in [7, 11) is 0. The van der Waals surface area contributed by atoms with Crippen LogP contribution in [0.25, 0.3) is 0 Å². The van der Waals surface area contributed by atoms with Gasteiger partial charge in [0, 0.05) is 13.1 Å². The predicted molar refractivity (Wildman–Crippen MR) is 108 cm³/mol. The van der Waals surface area contributed by atoms with E-state index in [0.29, 0.717) is 6.54 Å². The van der Waals surface area contributed by atoms with E-state index in [1.54, 1.807) is 4.90 Å². The summed E-state index contributed by atoms with van der Waals surface area (Å²) in [5, 5.41) is 19.6. The second-order valence-corrected chi connectivity index (χ2v) is 7.68. The van der Waals surface area contributed by atoms with Gasteiger partial charge in [-0.3, -0.25) is 4.90 Å². The number of carboxylic acids is 1. The average molecular weight is 394 g/mol. The molecule has 0 spiro atoms. The van der Waals surface area contributed by atoms with E-state index in [2.05, 4.69) is 6.92 Å². The summed E-state index contributed by atoms with van der Waals surface area (Å²) < 4.78 is 0. The number of hydrogen-bond acceptors (Lipinski definition) is 4. The van der Waals surface area contributed by atoms with E-state index in [9.17, 15) is 9.90 Å². The molecule has 0 radical (unpaired) electrons. The molecular weight excluding hydrogens is 349 g/mol. The molecule has 0 rings (SSSR count). The van der Waals surface area contributed by atoms with Crippen molar-refractivity contribution in [1.29, 1.82) is 0 Å². The van der Waals surface area contributed by atoms with Crippen LogP contribution in [0.5, 0.6) is 0 Å². The van der Waals surface area contributed by atoms with Crippen molar-refractivity contribution in [3.63, 3.8) is 0 Å². The summed E-state index contributed by atoms with van der Waals surface area (Å²) >= 11 is 0. The molecule has 0 atom stereocenters. The van der Waals surface area contributed by atoms with Crippen molar-refractivity contribution in [3.8, 4) is 0 Å². The average Bonchev–Trinajstić information content (AvgIpc) is 2.61. The normalized spacial score (nSPS) is 10.9. The Morgan fingerprint density at radius 2 is 1.07 bits per heavy atom. The Balaban J connectivity index is 0. The van der Waals surface area contributed by atoms with Gasteiger partial charge in [0.15, 0.2) is 0 Å². The Hall–Kier alpha value is 0.390. The molecule has 0 aromatic rings. The Morgan fingerprint density at radius 1 is 0.704 bits per heavy atom. The van der Waals surface area contributed by atoms with Gasteiger partial charge in [0.2, 0.25) is 0 Å². The van der Waals surface area contributed by atoms with Crippen LogP contribution in [0, 0.1) is 0 Å². The smallest absolute Gasteiger partial charge is 0.549 e. The molecule has 0 aliphatic carbocycles. The van der Waals surface area contributed by atoms with Crippen molar-refractivity contribution >= 4 is 5.97 Å². The minimum atomic E-state index is -1.06. The number of carbonyl (C=O) groups excluding carboxylic acids is 1. The van der Waals surface area contributed by atoms with E-state index >= 15 is 0 Å². The van der Waals surface area contributed by atoms with Crippen LogP contribution in [0.1, 0.15) is 110 Å². The minimum absolute atomic E-state index is 0. The third-order valence-electron chi connectivity index (χ3n) is 5.10. The van der Waals surface area contributed by atoms with Crippen molar-refractivity contribution in [3.05, 3.63) is 0 Å². The molecule has 27 heavy (non-hydrogen) atoms. The number of hydrogen-bond donors (Lipinski definition) is 1. The van der Waals surface area contributed by atoms with Gasteiger partial charge in [-0.15, -0.1) is 0 Å². The first kappa shape index (κ1) is 29.6. The van der Waals surface area contributed by atoms with Gasteiger partial charge in [0.05, 0.1) is 12.6 Å². The summed E-state index contributed by atoms with van der Waals surface area (Å²) in [6.07, 6.45) is 21.4. The van der Waals surface area contributed by atoms with Crippen LogP contribution in [-0.4, -0.2) is 42.2 Å². The first-order valence-electron chi connectivity index (χ1n) is 11.2. The number of nitrogens with zero attached hydrogens (tertiary/aromatic N) is 1. The fourth-order valence-corrected chi connectivity index (χ4v) is 3.48. The van der Waals surface area contributed by atoms with Gasteiger partial charge in [-0.2, -0.15) is 0 Å². The van der Waals surface area contributed by atoms with E-state index in [-0.39, 0.29) is 42.7 Å². The molecule has 0 aromatic heterocycles. The molecule has 0 aliphatic rings. The van der Waals surface area contributed by atoms with Crippen molar-refractivity contribution in [2.45, 2.75) is 110 Å². The second-order valence-electron chi connectivity index (χ2n) is 7.68. The Morgan fingerprint density at radius 3 is 1.41 bits per heavy atom. The number of carboxylic acid groups (broad SMARTS) is 1. The maximum absolute atomic E-state index is 10.6. The van der Waals surface area contributed by atoms with E-state index in [4.69, 9.17) is 5.11 Å². The Kier molecular flexibility index (Phi) is 26.8. The summed E-state index contributed by atoms with van der Waals surface area (Å²) in [6.45, 7) is 3.37. The zero-order chi connectivity index (χ0) is 19.3. The molecule has 0 heterocycles. The molecule has 1 N–H and O–H groups in total. The third kappa shape index (κ3) is 24.4. The molecule has 0 saturated heterocycles. The van der Waals surface area contributed by atoms with Gasteiger partial charge >= 0.3 is 29.6 Å². The van der Waals surface area contributed by atoms with Gasteiger partial charge in [0.25, 0.3) is 0 Å². The molecule has 0 unspecified atom stereocenters. The van der Waals surface area contributed by atoms with E-state index in [0.717, 1.165) is 19.4 Å². The summed E-state index contributed by atoms with van der Waals surface area (Å²) in [6, 6.07) is 0. The first-order chi connectivity index (χ1) is 12.7. The van der Waals surface area contributed by atoms with Gasteiger partial charge in [-0.25, -0.2) is 0 Å². The number of aliphatic hydroxyl groups is 1. The SMILES string of the molecule is CCCCCCCCCCCCCCCCCCN(CCO)CC(=O)[O-].[Na+]. The maximum Gasteiger partial charge on any atom is 1.00 e. The molecule has 0 saturated carbocycles. The van der Waals surface area contributed by atoms with E-state index < -0.39 is 5.97 Å². The van der Waals surface area contributed by atoms with Crippen LogP contribution in [0.3, 0.4) is 0 Å². The molecule has 5 heteroatoms. The van der Waals surface area contributed by atoms with Crippen LogP contribution >= 0.6 is 0 Å². The fraction of sp³-hybridized carbons (Fsp3) is 0.955. The van der Waals surface area contributed by atoms with Gasteiger partial charge in [-0.1, -0.05) is 103 Å². The van der Waals surface area contributed by atoms with Crippen molar-refractivity contribution < 1.29 is 44.6 Å². The molecule has 0 aliphatic heterocycles. The van der Waals surface area contributed by atoms with Crippen LogP contribution in [0.15, 0.2) is 0 Å². The summed E-state index contributed by atoms with van der Waals surface area (Å²) in [5.74, 6) is -1.06. The molecule has 0 amide bonds. The second kappa shape index (κ2) is 24.4. The molecular formula is C22H44NNaO3. The minimum Gasteiger partial charge on any atom is -0.549 e. The maximum atomic E-state index is 10.6. The Bertz CT molecular complexity index is 303. The Labute approximate surface area is 190 Å². The monoisotopic (exact) mass is 393 g/mol. The zero-order valence-electron chi connectivity index (χ0n) is 18.4. The molecule has 0 fully saturated rings. The third-order valence-corrected chi connectivity index (χ3v) is 5.10.